The standard InChI is InChI=1S/C12H15NO2.C5H10O2/c1-15-11-4-2-9(3-5-11)12-7-13-6-10(12)8-14;1-5(2,3)7-4-6/h2-5,13-14H,6-8H2,1H3;4H,1-3H3. The molecule has 2 rings (SSSR count). The van der Waals surface area contributed by atoms with Gasteiger partial charge in [0.25, 0.3) is 6.47 Å². The summed E-state index contributed by atoms with van der Waals surface area (Å²) in [5.74, 6) is 0.857. The Morgan fingerprint density at radius 2 is 1.86 bits per heavy atom. The van der Waals surface area contributed by atoms with Crippen LogP contribution in [0.2, 0.25) is 0 Å². The Hall–Kier alpha value is -1.85. The van der Waals surface area contributed by atoms with Gasteiger partial charge >= 0.3 is 0 Å². The number of carbonyl (C=O) groups is 1. The molecular formula is C17H25NO4. The first-order chi connectivity index (χ1) is 10.4. The Morgan fingerprint density at radius 1 is 1.23 bits per heavy atom. The Bertz CT molecular complexity index is 500. The predicted molar refractivity (Wildman–Crippen MR) is 86.8 cm³/mol. The lowest BCUT2D eigenvalue weighted by atomic mass is 10.0. The van der Waals surface area contributed by atoms with Gasteiger partial charge in [0.15, 0.2) is 0 Å². The van der Waals surface area contributed by atoms with Crippen molar-refractivity contribution in [1.82, 2.24) is 5.32 Å². The number of aliphatic hydroxyl groups is 1. The summed E-state index contributed by atoms with van der Waals surface area (Å²) in [5, 5.41) is 12.4. The highest BCUT2D eigenvalue weighted by Gasteiger charge is 2.14. The van der Waals surface area contributed by atoms with Crippen molar-refractivity contribution in [3.05, 3.63) is 35.4 Å². The van der Waals surface area contributed by atoms with E-state index in [0.717, 1.165) is 30.0 Å². The third-order valence-electron chi connectivity index (χ3n) is 3.10. The molecule has 22 heavy (non-hydrogen) atoms. The summed E-state index contributed by atoms with van der Waals surface area (Å²) in [4.78, 5) is 9.60. The molecule has 1 aliphatic heterocycles. The van der Waals surface area contributed by atoms with Gasteiger partial charge in [0, 0.05) is 13.1 Å². The Labute approximate surface area is 131 Å². The fourth-order valence-corrected chi connectivity index (χ4v) is 1.96. The number of benzene rings is 1. The first-order valence-corrected chi connectivity index (χ1v) is 7.19. The number of methoxy groups -OCH3 is 1. The maximum absolute atomic E-state index is 9.60. The normalized spacial score (nSPS) is 14.2. The predicted octanol–water partition coefficient (Wildman–Crippen LogP) is 2.00. The second-order valence-corrected chi connectivity index (χ2v) is 5.90. The number of aliphatic hydroxyl groups excluding tert-OH is 1. The quantitative estimate of drug-likeness (QED) is 0.833. The van der Waals surface area contributed by atoms with Gasteiger partial charge in [0.2, 0.25) is 0 Å². The largest absolute Gasteiger partial charge is 0.497 e. The third-order valence-corrected chi connectivity index (χ3v) is 3.10. The second kappa shape index (κ2) is 8.56. The van der Waals surface area contributed by atoms with Gasteiger partial charge in [-0.2, -0.15) is 0 Å². The van der Waals surface area contributed by atoms with Crippen molar-refractivity contribution in [3.63, 3.8) is 0 Å². The van der Waals surface area contributed by atoms with Crippen molar-refractivity contribution >= 4 is 12.0 Å². The number of nitrogens with one attached hydrogen (secondary N) is 1. The number of rotatable bonds is 4. The van der Waals surface area contributed by atoms with Crippen LogP contribution in [0.4, 0.5) is 0 Å². The molecule has 1 aromatic rings. The van der Waals surface area contributed by atoms with Gasteiger partial charge < -0.3 is 19.9 Å². The van der Waals surface area contributed by atoms with Crippen LogP contribution in [0.1, 0.15) is 26.3 Å². The zero-order chi connectivity index (χ0) is 16.6. The van der Waals surface area contributed by atoms with Crippen LogP contribution in [0.15, 0.2) is 29.8 Å². The maximum atomic E-state index is 9.60. The van der Waals surface area contributed by atoms with Crippen molar-refractivity contribution < 1.29 is 19.4 Å². The molecule has 0 saturated heterocycles. The summed E-state index contributed by atoms with van der Waals surface area (Å²) in [6.45, 7) is 7.68. The first-order valence-electron chi connectivity index (χ1n) is 7.19. The average Bonchev–Trinajstić information content (AvgIpc) is 2.95. The Balaban J connectivity index is 0.000000295. The Morgan fingerprint density at radius 3 is 2.27 bits per heavy atom. The molecule has 2 N–H and O–H groups in total. The highest BCUT2D eigenvalue weighted by atomic mass is 16.5. The van der Waals surface area contributed by atoms with Crippen LogP contribution in [0.5, 0.6) is 5.75 Å². The van der Waals surface area contributed by atoms with Crippen molar-refractivity contribution in [1.29, 1.82) is 0 Å². The molecule has 1 aromatic carbocycles. The zero-order valence-corrected chi connectivity index (χ0v) is 13.7. The van der Waals surface area contributed by atoms with Gasteiger partial charge in [-0.15, -0.1) is 0 Å². The maximum Gasteiger partial charge on any atom is 0.293 e. The molecule has 0 aromatic heterocycles. The summed E-state index contributed by atoms with van der Waals surface area (Å²) in [6.07, 6.45) is 0. The molecule has 0 radical (unpaired) electrons. The van der Waals surface area contributed by atoms with Crippen LogP contribution >= 0.6 is 0 Å². The number of carbonyl (C=O) groups excluding carboxylic acids is 1. The molecule has 5 nitrogen and oxygen atoms in total. The fourth-order valence-electron chi connectivity index (χ4n) is 1.96. The van der Waals surface area contributed by atoms with E-state index in [1.54, 1.807) is 7.11 Å². The lowest BCUT2D eigenvalue weighted by Gasteiger charge is -2.14. The van der Waals surface area contributed by atoms with E-state index < -0.39 is 0 Å². The van der Waals surface area contributed by atoms with E-state index >= 15 is 0 Å². The lowest BCUT2D eigenvalue weighted by molar-refractivity contribution is -0.138. The second-order valence-electron chi connectivity index (χ2n) is 5.90. The van der Waals surface area contributed by atoms with E-state index in [1.807, 2.05) is 45.0 Å². The number of ether oxygens (including phenoxy) is 2. The highest BCUT2D eigenvalue weighted by Crippen LogP contribution is 2.23. The molecule has 5 heteroatoms. The molecule has 0 saturated carbocycles. The van der Waals surface area contributed by atoms with E-state index in [1.165, 1.54) is 5.57 Å². The van der Waals surface area contributed by atoms with E-state index in [2.05, 4.69) is 10.1 Å². The summed E-state index contributed by atoms with van der Waals surface area (Å²) in [5.41, 5.74) is 3.13. The fraction of sp³-hybridized carbons (Fsp3) is 0.471. The molecule has 0 bridgehead atoms. The van der Waals surface area contributed by atoms with Gasteiger partial charge in [0.1, 0.15) is 11.4 Å². The molecule has 0 fully saturated rings. The highest BCUT2D eigenvalue weighted by molar-refractivity contribution is 5.72. The zero-order valence-electron chi connectivity index (χ0n) is 13.7. The molecule has 1 aliphatic rings. The Kier molecular flexibility index (Phi) is 7.08. The number of hydrogen-bond donors (Lipinski definition) is 2. The van der Waals surface area contributed by atoms with Gasteiger partial charge in [-0.05, 0) is 49.6 Å². The van der Waals surface area contributed by atoms with Crippen molar-refractivity contribution in [3.8, 4) is 5.75 Å². The van der Waals surface area contributed by atoms with Crippen LogP contribution in [0, 0.1) is 0 Å². The van der Waals surface area contributed by atoms with Gasteiger partial charge in [0.05, 0.1) is 13.7 Å². The van der Waals surface area contributed by atoms with Crippen molar-refractivity contribution in [2.45, 2.75) is 26.4 Å². The van der Waals surface area contributed by atoms with Crippen LogP contribution in [-0.4, -0.2) is 44.0 Å². The molecule has 122 valence electrons. The SMILES string of the molecule is CC(C)(C)OC=O.COc1ccc(C2=C(CO)CNC2)cc1. The molecule has 1 heterocycles. The minimum Gasteiger partial charge on any atom is -0.497 e. The van der Waals surface area contributed by atoms with Crippen LogP contribution in [-0.2, 0) is 9.53 Å². The smallest absolute Gasteiger partial charge is 0.293 e. The van der Waals surface area contributed by atoms with E-state index in [0.29, 0.717) is 6.47 Å². The third kappa shape index (κ3) is 5.87. The topological polar surface area (TPSA) is 67.8 Å². The number of hydrogen-bond acceptors (Lipinski definition) is 5. The minimum absolute atomic E-state index is 0.133. The van der Waals surface area contributed by atoms with Crippen LogP contribution < -0.4 is 10.1 Å². The first kappa shape index (κ1) is 18.2. The molecule has 0 amide bonds. The molecular weight excluding hydrogens is 282 g/mol. The molecule has 0 atom stereocenters. The molecule has 0 aliphatic carbocycles. The van der Waals surface area contributed by atoms with Gasteiger partial charge in [-0.1, -0.05) is 12.1 Å². The molecule has 0 unspecified atom stereocenters. The van der Waals surface area contributed by atoms with E-state index in [-0.39, 0.29) is 12.2 Å². The lowest BCUT2D eigenvalue weighted by Crippen LogP contribution is -2.17. The van der Waals surface area contributed by atoms with Crippen LogP contribution in [0.25, 0.3) is 5.57 Å². The summed E-state index contributed by atoms with van der Waals surface area (Å²) >= 11 is 0. The summed E-state index contributed by atoms with van der Waals surface area (Å²) in [7, 11) is 1.66. The van der Waals surface area contributed by atoms with Gasteiger partial charge in [-0.3, -0.25) is 4.79 Å². The van der Waals surface area contributed by atoms with E-state index in [9.17, 15) is 9.90 Å². The summed E-state index contributed by atoms with van der Waals surface area (Å²) in [6, 6.07) is 7.93. The summed E-state index contributed by atoms with van der Waals surface area (Å²) < 4.78 is 9.65. The monoisotopic (exact) mass is 307 g/mol. The minimum atomic E-state index is -0.318. The van der Waals surface area contributed by atoms with Crippen molar-refractivity contribution in [2.75, 3.05) is 26.8 Å². The average molecular weight is 307 g/mol. The van der Waals surface area contributed by atoms with Gasteiger partial charge in [-0.25, -0.2) is 0 Å². The molecule has 0 spiro atoms. The van der Waals surface area contributed by atoms with E-state index in [4.69, 9.17) is 4.74 Å². The van der Waals surface area contributed by atoms with Crippen LogP contribution in [0.3, 0.4) is 0 Å². The van der Waals surface area contributed by atoms with Crippen molar-refractivity contribution in [2.24, 2.45) is 0 Å².